The maximum Gasteiger partial charge on any atom is 0.128 e. The predicted molar refractivity (Wildman–Crippen MR) is 70.6 cm³/mol. The van der Waals surface area contributed by atoms with Crippen LogP contribution in [0.5, 0.6) is 0 Å². The molecular formula is C14H17N3. The molecule has 1 fully saturated rings. The zero-order chi connectivity index (χ0) is 11.8. The molecule has 1 heterocycles. The fourth-order valence-electron chi connectivity index (χ4n) is 2.21. The molecule has 0 radical (unpaired) electrons. The molecule has 0 spiro atoms. The van der Waals surface area contributed by atoms with Gasteiger partial charge in [-0.25, -0.2) is 4.98 Å². The van der Waals surface area contributed by atoms with Crippen LogP contribution >= 0.6 is 0 Å². The fraction of sp³-hybridized carbons (Fsp3) is 0.357. The first kappa shape index (κ1) is 10.5. The number of nitrogen functional groups attached to an aromatic ring is 1. The van der Waals surface area contributed by atoms with E-state index < -0.39 is 0 Å². The van der Waals surface area contributed by atoms with Crippen molar-refractivity contribution in [2.75, 3.05) is 12.8 Å². The van der Waals surface area contributed by atoms with E-state index in [-0.39, 0.29) is 0 Å². The number of pyridine rings is 1. The van der Waals surface area contributed by atoms with Gasteiger partial charge in [-0.05, 0) is 32.0 Å². The van der Waals surface area contributed by atoms with Crippen LogP contribution in [-0.4, -0.2) is 23.0 Å². The molecule has 0 bridgehead atoms. The second kappa shape index (κ2) is 4.00. The van der Waals surface area contributed by atoms with Crippen molar-refractivity contribution in [3.05, 3.63) is 35.9 Å². The summed E-state index contributed by atoms with van der Waals surface area (Å²) in [4.78, 5) is 6.82. The summed E-state index contributed by atoms with van der Waals surface area (Å²) in [5, 5.41) is 1.17. The van der Waals surface area contributed by atoms with E-state index in [1.54, 1.807) is 0 Å². The van der Waals surface area contributed by atoms with Crippen LogP contribution in [0, 0.1) is 0 Å². The number of hydrogen-bond donors (Lipinski definition) is 1. The molecule has 0 atom stereocenters. The number of nitrogens with two attached hydrogens (primary N) is 1. The standard InChI is InChI=1S/C14H17N3/c1-17(12-6-7-12)9-11-8-10-4-2-3-5-13(10)16-14(11)15/h2-5,8,12H,6-7,9H2,1H3,(H2,15,16). The summed E-state index contributed by atoms with van der Waals surface area (Å²) in [5.74, 6) is 0.663. The predicted octanol–water partition coefficient (Wildman–Crippen LogP) is 2.41. The number of aromatic nitrogens is 1. The van der Waals surface area contributed by atoms with Crippen LogP contribution in [0.4, 0.5) is 5.82 Å². The monoisotopic (exact) mass is 227 g/mol. The van der Waals surface area contributed by atoms with Gasteiger partial charge in [-0.1, -0.05) is 18.2 Å². The van der Waals surface area contributed by atoms with Crippen LogP contribution < -0.4 is 5.73 Å². The average molecular weight is 227 g/mol. The molecule has 0 saturated heterocycles. The molecular weight excluding hydrogens is 210 g/mol. The van der Waals surface area contributed by atoms with Gasteiger partial charge in [0.05, 0.1) is 5.52 Å². The highest BCUT2D eigenvalue weighted by atomic mass is 15.2. The lowest BCUT2D eigenvalue weighted by atomic mass is 10.1. The Morgan fingerprint density at radius 1 is 1.35 bits per heavy atom. The van der Waals surface area contributed by atoms with Crippen LogP contribution in [0.25, 0.3) is 10.9 Å². The Balaban J connectivity index is 1.94. The number of anilines is 1. The SMILES string of the molecule is CN(Cc1cc2ccccc2nc1N)C1CC1. The molecule has 0 aliphatic heterocycles. The van der Waals surface area contributed by atoms with Crippen LogP contribution in [-0.2, 0) is 6.54 Å². The van der Waals surface area contributed by atoms with Gasteiger partial charge in [-0.3, -0.25) is 4.90 Å². The molecule has 0 amide bonds. The lowest BCUT2D eigenvalue weighted by molar-refractivity contribution is 0.317. The van der Waals surface area contributed by atoms with Crippen molar-refractivity contribution in [3.63, 3.8) is 0 Å². The minimum Gasteiger partial charge on any atom is -0.383 e. The number of para-hydroxylation sites is 1. The first-order valence-electron chi connectivity index (χ1n) is 6.08. The summed E-state index contributed by atoms with van der Waals surface area (Å²) in [6, 6.07) is 11.0. The molecule has 0 unspecified atom stereocenters. The van der Waals surface area contributed by atoms with Crippen molar-refractivity contribution in [2.45, 2.75) is 25.4 Å². The Morgan fingerprint density at radius 3 is 2.88 bits per heavy atom. The Kier molecular flexibility index (Phi) is 2.48. The molecule has 88 valence electrons. The van der Waals surface area contributed by atoms with Crippen molar-refractivity contribution in [3.8, 4) is 0 Å². The lowest BCUT2D eigenvalue weighted by Gasteiger charge is -2.17. The van der Waals surface area contributed by atoms with E-state index in [0.29, 0.717) is 5.82 Å². The summed E-state index contributed by atoms with van der Waals surface area (Å²) in [5.41, 5.74) is 8.13. The lowest BCUT2D eigenvalue weighted by Crippen LogP contribution is -2.20. The fourth-order valence-corrected chi connectivity index (χ4v) is 2.21. The van der Waals surface area contributed by atoms with E-state index in [4.69, 9.17) is 5.73 Å². The summed E-state index contributed by atoms with van der Waals surface area (Å²) in [6.45, 7) is 0.897. The van der Waals surface area contributed by atoms with Crippen molar-refractivity contribution < 1.29 is 0 Å². The zero-order valence-corrected chi connectivity index (χ0v) is 10.1. The molecule has 3 heteroatoms. The van der Waals surface area contributed by atoms with Gasteiger partial charge in [0.15, 0.2) is 0 Å². The van der Waals surface area contributed by atoms with Crippen molar-refractivity contribution in [1.29, 1.82) is 0 Å². The highest BCUT2D eigenvalue weighted by Crippen LogP contribution is 2.28. The van der Waals surface area contributed by atoms with Crippen molar-refractivity contribution in [2.24, 2.45) is 0 Å². The zero-order valence-electron chi connectivity index (χ0n) is 10.1. The number of nitrogens with zero attached hydrogens (tertiary/aromatic N) is 2. The summed E-state index contributed by atoms with van der Waals surface area (Å²) >= 11 is 0. The normalized spacial score (nSPS) is 15.6. The molecule has 1 aromatic carbocycles. The van der Waals surface area contributed by atoms with Crippen LogP contribution in [0.15, 0.2) is 30.3 Å². The van der Waals surface area contributed by atoms with Gasteiger partial charge < -0.3 is 5.73 Å². The second-order valence-corrected chi connectivity index (χ2v) is 4.87. The first-order chi connectivity index (χ1) is 8.24. The van der Waals surface area contributed by atoms with E-state index in [0.717, 1.165) is 23.7 Å². The molecule has 1 aliphatic rings. The maximum atomic E-state index is 6.02. The molecule has 2 N–H and O–H groups in total. The van der Waals surface area contributed by atoms with Gasteiger partial charge >= 0.3 is 0 Å². The Hall–Kier alpha value is -1.61. The van der Waals surface area contributed by atoms with Crippen LogP contribution in [0.1, 0.15) is 18.4 Å². The van der Waals surface area contributed by atoms with E-state index in [9.17, 15) is 0 Å². The third-order valence-corrected chi connectivity index (χ3v) is 3.43. The topological polar surface area (TPSA) is 42.2 Å². The van der Waals surface area contributed by atoms with E-state index >= 15 is 0 Å². The smallest absolute Gasteiger partial charge is 0.128 e. The van der Waals surface area contributed by atoms with Gasteiger partial charge in [0.25, 0.3) is 0 Å². The van der Waals surface area contributed by atoms with Crippen molar-refractivity contribution in [1.82, 2.24) is 9.88 Å². The quantitative estimate of drug-likeness (QED) is 0.875. The molecule has 3 nitrogen and oxygen atoms in total. The summed E-state index contributed by atoms with van der Waals surface area (Å²) in [7, 11) is 2.16. The molecule has 1 aliphatic carbocycles. The van der Waals surface area contributed by atoms with Gasteiger partial charge in [0.1, 0.15) is 5.82 Å². The number of benzene rings is 1. The van der Waals surface area contributed by atoms with E-state index in [2.05, 4.69) is 29.1 Å². The molecule has 2 aromatic rings. The molecule has 1 aromatic heterocycles. The first-order valence-corrected chi connectivity index (χ1v) is 6.08. The van der Waals surface area contributed by atoms with Crippen LogP contribution in [0.2, 0.25) is 0 Å². The summed E-state index contributed by atoms with van der Waals surface area (Å²) in [6.07, 6.45) is 2.63. The Morgan fingerprint density at radius 2 is 2.12 bits per heavy atom. The Labute approximate surface area is 101 Å². The third kappa shape index (κ3) is 2.11. The van der Waals surface area contributed by atoms with Gasteiger partial charge in [-0.15, -0.1) is 0 Å². The average Bonchev–Trinajstić information content (AvgIpc) is 3.14. The number of fused-ring (bicyclic) bond motifs is 1. The minimum absolute atomic E-state index is 0.663. The molecule has 3 rings (SSSR count). The maximum absolute atomic E-state index is 6.02. The highest BCUT2D eigenvalue weighted by molar-refractivity contribution is 5.81. The second-order valence-electron chi connectivity index (χ2n) is 4.87. The van der Waals surface area contributed by atoms with E-state index in [1.807, 2.05) is 18.2 Å². The third-order valence-electron chi connectivity index (χ3n) is 3.43. The van der Waals surface area contributed by atoms with Gasteiger partial charge in [0.2, 0.25) is 0 Å². The summed E-state index contributed by atoms with van der Waals surface area (Å²) < 4.78 is 0. The van der Waals surface area contributed by atoms with E-state index in [1.165, 1.54) is 18.2 Å². The van der Waals surface area contributed by atoms with Crippen molar-refractivity contribution >= 4 is 16.7 Å². The molecule has 17 heavy (non-hydrogen) atoms. The largest absolute Gasteiger partial charge is 0.383 e. The van der Waals surface area contributed by atoms with Crippen LogP contribution in [0.3, 0.4) is 0 Å². The number of hydrogen-bond acceptors (Lipinski definition) is 3. The Bertz CT molecular complexity index is 546. The van der Waals surface area contributed by atoms with Gasteiger partial charge in [0, 0.05) is 23.5 Å². The minimum atomic E-state index is 0.663. The van der Waals surface area contributed by atoms with Gasteiger partial charge in [-0.2, -0.15) is 0 Å². The number of rotatable bonds is 3. The highest BCUT2D eigenvalue weighted by Gasteiger charge is 2.26. The molecule has 1 saturated carbocycles.